The van der Waals surface area contributed by atoms with Crippen LogP contribution in [0, 0.1) is 0 Å². The molecule has 0 saturated carbocycles. The van der Waals surface area contributed by atoms with Gasteiger partial charge in [0, 0.05) is 34.7 Å². The van der Waals surface area contributed by atoms with Gasteiger partial charge in [-0.3, -0.25) is 14.4 Å². The molecule has 0 bridgehead atoms. The number of aromatic nitrogens is 1. The van der Waals surface area contributed by atoms with Crippen LogP contribution in [0.5, 0.6) is 0 Å². The number of halogens is 4. The lowest BCUT2D eigenvalue weighted by Gasteiger charge is -2.23. The molecule has 1 heterocycles. The number of hydrogen-bond acceptors (Lipinski definition) is 5. The second-order valence-corrected chi connectivity index (χ2v) is 10.2. The van der Waals surface area contributed by atoms with E-state index in [1.807, 2.05) is 6.07 Å². The zero-order valence-corrected chi connectivity index (χ0v) is 24.4. The second-order valence-electron chi connectivity index (χ2n) is 8.80. The first kappa shape index (κ1) is 30.6. The number of amides is 1. The molecule has 0 unspecified atom stereocenters. The Hall–Kier alpha value is -2.90. The predicted molar refractivity (Wildman–Crippen MR) is 159 cm³/mol. The van der Waals surface area contributed by atoms with Gasteiger partial charge in [-0.15, -0.1) is 11.6 Å². The molecule has 0 aliphatic heterocycles. The number of fused-ring (bicyclic) bond motifs is 1. The summed E-state index contributed by atoms with van der Waals surface area (Å²) in [4.78, 5) is 44.3. The lowest BCUT2D eigenvalue weighted by Crippen LogP contribution is -2.30. The molecule has 2 aromatic rings. The summed E-state index contributed by atoms with van der Waals surface area (Å²) in [5, 5.41) is 11.6. The Bertz CT molecular complexity index is 1490. The molecule has 1 amide bonds. The quantitative estimate of drug-likeness (QED) is 0.268. The maximum Gasteiger partial charge on any atom is 0.254 e. The number of alkyl halides is 1. The lowest BCUT2D eigenvalue weighted by atomic mass is 9.91. The number of rotatable bonds is 6. The number of aldehydes is 1. The first-order valence-electron chi connectivity index (χ1n) is 12.0. The zero-order valence-electron chi connectivity index (χ0n) is 21.4. The maximum absolute atomic E-state index is 13.3. The van der Waals surface area contributed by atoms with Gasteiger partial charge >= 0.3 is 0 Å². The third kappa shape index (κ3) is 6.15. The molecule has 0 spiro atoms. The van der Waals surface area contributed by atoms with Gasteiger partial charge < -0.3 is 10.0 Å². The van der Waals surface area contributed by atoms with Crippen molar-refractivity contribution in [1.82, 2.24) is 4.98 Å². The Labute approximate surface area is 246 Å². The van der Waals surface area contributed by atoms with E-state index >= 15 is 0 Å². The number of carbonyl (C=O) groups is 3. The van der Waals surface area contributed by atoms with E-state index in [0.29, 0.717) is 35.2 Å². The van der Waals surface area contributed by atoms with E-state index in [-0.39, 0.29) is 50.0 Å². The van der Waals surface area contributed by atoms with Crippen molar-refractivity contribution in [3.8, 4) is 0 Å². The number of nitrogens with zero attached hydrogens (tertiary/aromatic N) is 2. The van der Waals surface area contributed by atoms with Crippen molar-refractivity contribution >= 4 is 86.5 Å². The van der Waals surface area contributed by atoms with E-state index in [2.05, 4.69) is 11.6 Å². The Morgan fingerprint density at radius 1 is 1.18 bits per heavy atom. The average molecular weight is 608 g/mol. The van der Waals surface area contributed by atoms with Crippen LogP contribution in [0.1, 0.15) is 38.3 Å². The summed E-state index contributed by atoms with van der Waals surface area (Å²) in [5.41, 5.74) is 3.82. The largest absolute Gasteiger partial charge is 0.507 e. The first-order valence-corrected chi connectivity index (χ1v) is 13.7. The van der Waals surface area contributed by atoms with Crippen LogP contribution in [0.2, 0.25) is 0 Å². The number of carbonyl (C=O) groups excluding carboxylic acids is 3. The molecule has 39 heavy (non-hydrogen) atoms. The van der Waals surface area contributed by atoms with Gasteiger partial charge in [-0.25, -0.2) is 4.98 Å². The van der Waals surface area contributed by atoms with Crippen molar-refractivity contribution in [3.63, 3.8) is 0 Å². The van der Waals surface area contributed by atoms with E-state index < -0.39 is 5.78 Å². The number of pyridine rings is 1. The molecule has 6 nitrogen and oxygen atoms in total. The molecule has 0 radical (unpaired) electrons. The van der Waals surface area contributed by atoms with Crippen LogP contribution in [0.3, 0.4) is 0 Å². The van der Waals surface area contributed by atoms with Gasteiger partial charge in [0.25, 0.3) is 5.91 Å². The van der Waals surface area contributed by atoms with Crippen molar-refractivity contribution < 1.29 is 19.5 Å². The summed E-state index contributed by atoms with van der Waals surface area (Å²) < 4.78 is 0. The predicted octanol–water partition coefficient (Wildman–Crippen LogP) is 7.73. The van der Waals surface area contributed by atoms with E-state index in [1.165, 1.54) is 10.4 Å². The summed E-state index contributed by atoms with van der Waals surface area (Å²) in [6.45, 7) is 4.69. The fourth-order valence-electron chi connectivity index (χ4n) is 4.56. The monoisotopic (exact) mass is 606 g/mol. The molecule has 10 heteroatoms. The molecular formula is C29H26Cl4N2O4. The molecule has 0 atom stereocenters. The van der Waals surface area contributed by atoms with Crippen LogP contribution < -0.4 is 4.90 Å². The molecule has 2 aliphatic carbocycles. The van der Waals surface area contributed by atoms with E-state index in [0.717, 1.165) is 24.5 Å². The summed E-state index contributed by atoms with van der Waals surface area (Å²) in [6, 6.07) is 8.78. The highest BCUT2D eigenvalue weighted by Crippen LogP contribution is 2.40. The second kappa shape index (κ2) is 13.4. The van der Waals surface area contributed by atoms with Crippen LogP contribution in [-0.2, 0) is 14.4 Å². The fraction of sp³-hybridized carbons (Fsp3) is 0.241. The number of aliphatic hydroxyl groups excluding tert-OH is 1. The smallest absolute Gasteiger partial charge is 0.254 e. The molecule has 4 rings (SSSR count). The third-order valence-electron chi connectivity index (χ3n) is 6.53. The third-order valence-corrected chi connectivity index (χ3v) is 7.77. The Balaban J connectivity index is 0.00000134. The number of Topliss-reactive ketones (excluding diaryl/α,β-unsaturated/α-hetero) is 1. The number of aliphatic hydroxyl groups is 1. The van der Waals surface area contributed by atoms with E-state index in [1.54, 1.807) is 38.2 Å². The molecule has 1 N–H and O–H groups in total. The number of ketones is 1. The van der Waals surface area contributed by atoms with Crippen molar-refractivity contribution in [2.45, 2.75) is 32.6 Å². The standard InChI is InChI=1S/C27H23Cl3N2O4.C2H3Cl/c1-14-21(23(30)18(29)12-28)26(35)22(25(14)34)19-11-10-15-7-5-9-20(24(15)31-19)32(2)27(36)17-8-4-3-6-16(17)13-33;1-2-3/h5,7,9-11,13,34H,3-4,6,8,12H2,1-2H3;2H,1H2/b23-18-;. The number of hydrogen-bond donors (Lipinski definition) is 1. The van der Waals surface area contributed by atoms with Crippen LogP contribution in [0.4, 0.5) is 5.69 Å². The summed E-state index contributed by atoms with van der Waals surface area (Å²) in [6.07, 6.45) is 3.63. The number of allylic oxidation sites excluding steroid dienone is 6. The van der Waals surface area contributed by atoms with Gasteiger partial charge in [0.2, 0.25) is 5.78 Å². The van der Waals surface area contributed by atoms with Crippen molar-refractivity contribution in [3.05, 3.63) is 86.3 Å². The molecule has 0 fully saturated rings. The topological polar surface area (TPSA) is 87.6 Å². The molecule has 0 saturated heterocycles. The van der Waals surface area contributed by atoms with Crippen LogP contribution in [0.15, 0.2) is 80.6 Å². The number of likely N-dealkylation sites (N-methyl/N-ethyl adjacent to an activating group) is 1. The Kier molecular flexibility index (Phi) is 10.6. The summed E-state index contributed by atoms with van der Waals surface area (Å²) >= 11 is 22.9. The van der Waals surface area contributed by atoms with Crippen molar-refractivity contribution in [1.29, 1.82) is 0 Å². The Morgan fingerprint density at radius 2 is 1.85 bits per heavy atom. The van der Waals surface area contributed by atoms with Crippen molar-refractivity contribution in [2.75, 3.05) is 17.8 Å². The highest BCUT2D eigenvalue weighted by molar-refractivity contribution is 6.48. The van der Waals surface area contributed by atoms with Crippen LogP contribution in [0.25, 0.3) is 16.5 Å². The minimum Gasteiger partial charge on any atom is -0.507 e. The zero-order chi connectivity index (χ0) is 28.9. The maximum atomic E-state index is 13.3. The number of anilines is 1. The van der Waals surface area contributed by atoms with Gasteiger partial charge in [-0.05, 0) is 50.3 Å². The van der Waals surface area contributed by atoms with Crippen LogP contribution in [-0.4, -0.2) is 41.0 Å². The average Bonchev–Trinajstić information content (AvgIpc) is 3.18. The molecule has 204 valence electrons. The number of para-hydroxylation sites is 1. The first-order chi connectivity index (χ1) is 18.6. The van der Waals surface area contributed by atoms with Gasteiger partial charge in [0.15, 0.2) is 0 Å². The minimum absolute atomic E-state index is 0.0106. The van der Waals surface area contributed by atoms with E-state index in [4.69, 9.17) is 46.4 Å². The SMILES string of the molecule is C=CCl.CC1=C(/C(Cl)=C(/Cl)CCl)C(=O)C(c2ccc3cccc(N(C)C(=O)C4=C(C=O)CCCC4)c3n2)=C1O. The molecular weight excluding hydrogens is 582 g/mol. The van der Waals surface area contributed by atoms with Gasteiger partial charge in [0.1, 0.15) is 12.0 Å². The molecule has 1 aromatic carbocycles. The highest BCUT2D eigenvalue weighted by atomic mass is 35.5. The Morgan fingerprint density at radius 3 is 2.49 bits per heavy atom. The molecule has 2 aliphatic rings. The number of benzene rings is 1. The molecule has 1 aromatic heterocycles. The van der Waals surface area contributed by atoms with Gasteiger partial charge in [-0.2, -0.15) is 0 Å². The summed E-state index contributed by atoms with van der Waals surface area (Å²) in [7, 11) is 1.63. The highest BCUT2D eigenvalue weighted by Gasteiger charge is 2.35. The van der Waals surface area contributed by atoms with E-state index in [9.17, 15) is 19.5 Å². The fourth-order valence-corrected chi connectivity index (χ4v) is 5.15. The van der Waals surface area contributed by atoms with Crippen LogP contribution >= 0.6 is 46.4 Å². The minimum atomic E-state index is -0.519. The van der Waals surface area contributed by atoms with Gasteiger partial charge in [-0.1, -0.05) is 59.6 Å². The van der Waals surface area contributed by atoms with Gasteiger partial charge in [0.05, 0.1) is 38.4 Å². The lowest BCUT2D eigenvalue weighted by molar-refractivity contribution is -0.115. The normalized spacial score (nSPS) is 16.2. The van der Waals surface area contributed by atoms with Crippen molar-refractivity contribution in [2.24, 2.45) is 0 Å². The summed E-state index contributed by atoms with van der Waals surface area (Å²) in [5.74, 6) is -1.11.